The molecule has 0 N–H and O–H groups in total. The van der Waals surface area contributed by atoms with Gasteiger partial charge in [-0.1, -0.05) is 127 Å². The molecule has 242 valence electrons. The average Bonchev–Trinajstić information content (AvgIpc) is 3.80. The van der Waals surface area contributed by atoms with Crippen LogP contribution in [-0.4, -0.2) is 15.0 Å². The summed E-state index contributed by atoms with van der Waals surface area (Å²) < 4.78 is 8.87. The molecule has 52 heavy (non-hydrogen) atoms. The van der Waals surface area contributed by atoms with Gasteiger partial charge in [0, 0.05) is 69.4 Å². The van der Waals surface area contributed by atoms with Crippen LogP contribution in [0.15, 0.2) is 168 Å². The summed E-state index contributed by atoms with van der Waals surface area (Å²) in [6, 6.07) is 57.0. The quantitative estimate of drug-likeness (QED) is 0.174. The molecule has 7 aromatic carbocycles. The Labute approximate surface area is 302 Å². The molecule has 0 atom stereocenters. The molecule has 0 bridgehead atoms. The van der Waals surface area contributed by atoms with Crippen molar-refractivity contribution in [2.24, 2.45) is 0 Å². The van der Waals surface area contributed by atoms with Crippen molar-refractivity contribution in [1.29, 1.82) is 0 Å². The highest BCUT2D eigenvalue weighted by molar-refractivity contribution is 7.26. The second kappa shape index (κ2) is 11.4. The molecule has 0 saturated heterocycles. The Bertz CT molecular complexity index is 3180. The van der Waals surface area contributed by atoms with Crippen molar-refractivity contribution < 1.29 is 4.42 Å². The number of pyridine rings is 1. The Balaban J connectivity index is 1.20. The molecule has 0 radical (unpaired) electrons. The third-order valence-electron chi connectivity index (χ3n) is 10.1. The summed E-state index contributed by atoms with van der Waals surface area (Å²) >= 11 is 1.80. The first-order chi connectivity index (χ1) is 25.8. The standard InChI is InChI=1S/C47H27N3OS/c1-3-13-28(14-4-1)38-27-39(33-20-11-19-31-30-17-8-10-24-40(30)51-45(31)33)50-47(49-38)36-22-12-21-35-43-41(52-46(35)36)26-25-34-42(43)32-18-7-9-23-37(32)48-44(34)29-15-5-2-6-16-29/h1-27H. The van der Waals surface area contributed by atoms with Gasteiger partial charge >= 0.3 is 0 Å². The number of thiophene rings is 1. The van der Waals surface area contributed by atoms with Crippen LogP contribution in [0, 0.1) is 0 Å². The molecule has 11 aromatic rings. The van der Waals surface area contributed by atoms with E-state index in [-0.39, 0.29) is 0 Å². The summed E-state index contributed by atoms with van der Waals surface area (Å²) in [5.41, 5.74) is 9.44. The first kappa shape index (κ1) is 29.1. The van der Waals surface area contributed by atoms with E-state index < -0.39 is 0 Å². The van der Waals surface area contributed by atoms with Gasteiger partial charge in [-0.15, -0.1) is 11.3 Å². The summed E-state index contributed by atoms with van der Waals surface area (Å²) in [4.78, 5) is 15.8. The number of fused-ring (bicyclic) bond motifs is 10. The Hall–Kier alpha value is -6.69. The molecule has 0 fully saturated rings. The molecule has 5 heteroatoms. The maximum atomic E-state index is 6.49. The molecule has 4 nitrogen and oxygen atoms in total. The first-order valence-corrected chi connectivity index (χ1v) is 18.2. The van der Waals surface area contributed by atoms with Crippen molar-refractivity contribution in [3.63, 3.8) is 0 Å². The third kappa shape index (κ3) is 4.43. The van der Waals surface area contributed by atoms with Gasteiger partial charge in [0.05, 0.1) is 22.6 Å². The number of para-hydroxylation sites is 3. The number of hydrogen-bond donors (Lipinski definition) is 0. The van der Waals surface area contributed by atoms with E-state index in [4.69, 9.17) is 19.4 Å². The Morgan fingerprint density at radius 2 is 1.12 bits per heavy atom. The number of benzene rings is 7. The highest BCUT2D eigenvalue weighted by Crippen LogP contribution is 2.46. The van der Waals surface area contributed by atoms with E-state index in [0.717, 1.165) is 82.3 Å². The second-order valence-corrected chi connectivity index (χ2v) is 14.1. The third-order valence-corrected chi connectivity index (χ3v) is 11.3. The second-order valence-electron chi connectivity index (χ2n) is 13.1. The van der Waals surface area contributed by atoms with Crippen LogP contribution in [0.3, 0.4) is 0 Å². The molecule has 0 aliphatic carbocycles. The zero-order valence-electron chi connectivity index (χ0n) is 27.7. The lowest BCUT2D eigenvalue weighted by Gasteiger charge is -2.12. The Morgan fingerprint density at radius 1 is 0.442 bits per heavy atom. The molecular weight excluding hydrogens is 655 g/mol. The highest BCUT2D eigenvalue weighted by atomic mass is 32.1. The van der Waals surface area contributed by atoms with Crippen LogP contribution in [0.1, 0.15) is 0 Å². The normalized spacial score (nSPS) is 11.8. The van der Waals surface area contributed by atoms with Crippen molar-refractivity contribution in [2.45, 2.75) is 0 Å². The summed E-state index contributed by atoms with van der Waals surface area (Å²) in [6.45, 7) is 0. The van der Waals surface area contributed by atoms with Crippen molar-refractivity contribution in [2.75, 3.05) is 0 Å². The Kier molecular flexibility index (Phi) is 6.39. The van der Waals surface area contributed by atoms with Crippen LogP contribution in [-0.2, 0) is 0 Å². The zero-order chi connectivity index (χ0) is 34.2. The molecule has 0 spiro atoms. The minimum atomic E-state index is 0.683. The lowest BCUT2D eigenvalue weighted by Crippen LogP contribution is -1.96. The van der Waals surface area contributed by atoms with Crippen LogP contribution in [0.2, 0.25) is 0 Å². The summed E-state index contributed by atoms with van der Waals surface area (Å²) in [6.07, 6.45) is 0. The monoisotopic (exact) mass is 681 g/mol. The minimum Gasteiger partial charge on any atom is -0.455 e. The molecule has 0 saturated carbocycles. The molecular formula is C47H27N3OS. The fourth-order valence-electron chi connectivity index (χ4n) is 7.73. The van der Waals surface area contributed by atoms with E-state index >= 15 is 0 Å². The fraction of sp³-hybridized carbons (Fsp3) is 0. The first-order valence-electron chi connectivity index (χ1n) is 17.4. The van der Waals surface area contributed by atoms with Gasteiger partial charge < -0.3 is 4.42 Å². The van der Waals surface area contributed by atoms with E-state index in [1.165, 1.54) is 20.9 Å². The molecule has 4 aromatic heterocycles. The minimum absolute atomic E-state index is 0.683. The van der Waals surface area contributed by atoms with Crippen LogP contribution in [0.25, 0.3) is 109 Å². The van der Waals surface area contributed by atoms with Crippen molar-refractivity contribution in [3.05, 3.63) is 164 Å². The summed E-state index contributed by atoms with van der Waals surface area (Å²) in [7, 11) is 0. The number of nitrogens with zero attached hydrogens (tertiary/aromatic N) is 3. The van der Waals surface area contributed by atoms with Gasteiger partial charge in [-0.2, -0.15) is 0 Å². The largest absolute Gasteiger partial charge is 0.455 e. The van der Waals surface area contributed by atoms with E-state index in [1.54, 1.807) is 11.3 Å². The number of hydrogen-bond acceptors (Lipinski definition) is 5. The van der Waals surface area contributed by atoms with Gasteiger partial charge in [-0.05, 0) is 36.4 Å². The molecule has 0 aliphatic rings. The lowest BCUT2D eigenvalue weighted by atomic mass is 9.96. The molecule has 11 rings (SSSR count). The van der Waals surface area contributed by atoms with E-state index in [0.29, 0.717) is 5.82 Å². The van der Waals surface area contributed by atoms with Crippen LogP contribution >= 0.6 is 11.3 Å². The average molecular weight is 682 g/mol. The summed E-state index contributed by atoms with van der Waals surface area (Å²) in [5.74, 6) is 0.683. The predicted molar refractivity (Wildman–Crippen MR) is 217 cm³/mol. The molecule has 0 amide bonds. The summed E-state index contributed by atoms with van der Waals surface area (Å²) in [5, 5.41) is 8.11. The lowest BCUT2D eigenvalue weighted by molar-refractivity contribution is 0.670. The smallest absolute Gasteiger partial charge is 0.161 e. The van der Waals surface area contributed by atoms with Crippen LogP contribution in [0.4, 0.5) is 0 Å². The van der Waals surface area contributed by atoms with Gasteiger partial charge in [-0.25, -0.2) is 15.0 Å². The van der Waals surface area contributed by atoms with Crippen LogP contribution in [0.5, 0.6) is 0 Å². The van der Waals surface area contributed by atoms with Crippen LogP contribution < -0.4 is 0 Å². The fourth-order valence-corrected chi connectivity index (χ4v) is 8.95. The van der Waals surface area contributed by atoms with Gasteiger partial charge in [0.25, 0.3) is 0 Å². The molecule has 0 unspecified atom stereocenters. The number of aromatic nitrogens is 3. The van der Waals surface area contributed by atoms with Crippen molar-refractivity contribution in [1.82, 2.24) is 15.0 Å². The maximum absolute atomic E-state index is 6.49. The van der Waals surface area contributed by atoms with E-state index in [1.807, 2.05) is 18.2 Å². The zero-order valence-corrected chi connectivity index (χ0v) is 28.6. The predicted octanol–water partition coefficient (Wildman–Crippen LogP) is 13.1. The molecule has 4 heterocycles. The topological polar surface area (TPSA) is 51.8 Å². The van der Waals surface area contributed by atoms with Crippen molar-refractivity contribution >= 4 is 75.1 Å². The van der Waals surface area contributed by atoms with E-state index in [9.17, 15) is 0 Å². The Morgan fingerprint density at radius 3 is 1.96 bits per heavy atom. The molecule has 0 aliphatic heterocycles. The maximum Gasteiger partial charge on any atom is 0.161 e. The number of furan rings is 1. The number of rotatable bonds is 4. The van der Waals surface area contributed by atoms with Gasteiger partial charge in [0.15, 0.2) is 5.82 Å². The van der Waals surface area contributed by atoms with Gasteiger partial charge in [0.2, 0.25) is 0 Å². The van der Waals surface area contributed by atoms with Crippen molar-refractivity contribution in [3.8, 4) is 45.2 Å². The highest BCUT2D eigenvalue weighted by Gasteiger charge is 2.21. The van der Waals surface area contributed by atoms with Gasteiger partial charge in [-0.3, -0.25) is 0 Å². The van der Waals surface area contributed by atoms with E-state index in [2.05, 4.69) is 146 Å². The van der Waals surface area contributed by atoms with Gasteiger partial charge in [0.1, 0.15) is 11.2 Å². The SMILES string of the molecule is c1ccc(-c2cc(-c3cccc4c3oc3ccccc34)nc(-c3cccc4c3sc3ccc5c(-c6ccccc6)nc6ccccc6c5c34)n2)cc1.